The Labute approximate surface area is 166 Å². The Bertz CT molecular complexity index is 778. The largest absolute Gasteiger partial charge is 0.497 e. The number of hydrogen-bond donors (Lipinski definition) is 2. The highest BCUT2D eigenvalue weighted by Gasteiger charge is 2.15. The maximum atomic E-state index is 12.0. The fraction of sp³-hybridized carbons (Fsp3) is 0.348. The summed E-state index contributed by atoms with van der Waals surface area (Å²) in [6.07, 6.45) is 6.57. The number of benzene rings is 2. The molecule has 2 aromatic rings. The molecule has 3 rings (SSSR count). The van der Waals surface area contributed by atoms with Gasteiger partial charge in [0.2, 0.25) is 0 Å². The molecule has 1 aliphatic rings. The lowest BCUT2D eigenvalue weighted by atomic mass is 9.84. The summed E-state index contributed by atoms with van der Waals surface area (Å²) in [5, 5.41) is 0. The van der Waals surface area contributed by atoms with Gasteiger partial charge in [-0.3, -0.25) is 15.6 Å². The van der Waals surface area contributed by atoms with E-state index in [9.17, 15) is 4.79 Å². The van der Waals surface area contributed by atoms with Crippen molar-refractivity contribution in [1.29, 1.82) is 0 Å². The standard InChI is InChI=1S/C23H28N2O3/c1-17(18-8-10-20(11-9-18)19-6-4-3-5-7-19)24-25-23(26)16-28-22-14-12-21(27-2)13-15-22/h8-15,19,24H,1,3-7,16H2,2H3,(H,25,26). The van der Waals surface area contributed by atoms with Crippen LogP contribution < -0.4 is 20.3 Å². The second-order valence-corrected chi connectivity index (χ2v) is 7.07. The summed E-state index contributed by atoms with van der Waals surface area (Å²) < 4.78 is 10.5. The van der Waals surface area contributed by atoms with E-state index in [2.05, 4.69) is 41.7 Å². The highest BCUT2D eigenvalue weighted by molar-refractivity contribution is 5.78. The molecular formula is C23H28N2O3. The van der Waals surface area contributed by atoms with E-state index in [1.807, 2.05) is 0 Å². The molecular weight excluding hydrogens is 352 g/mol. The molecule has 0 aromatic heterocycles. The maximum absolute atomic E-state index is 12.0. The summed E-state index contributed by atoms with van der Waals surface area (Å²) in [5.74, 6) is 1.74. The molecule has 1 fully saturated rings. The minimum Gasteiger partial charge on any atom is -0.497 e. The van der Waals surface area contributed by atoms with Crippen molar-refractivity contribution in [2.45, 2.75) is 38.0 Å². The summed E-state index contributed by atoms with van der Waals surface area (Å²) in [6, 6.07) is 15.5. The first kappa shape index (κ1) is 19.8. The van der Waals surface area contributed by atoms with Crippen molar-refractivity contribution < 1.29 is 14.3 Å². The fourth-order valence-electron chi connectivity index (χ4n) is 3.47. The lowest BCUT2D eigenvalue weighted by Gasteiger charge is -2.22. The molecule has 5 nitrogen and oxygen atoms in total. The van der Waals surface area contributed by atoms with Crippen molar-refractivity contribution in [2.24, 2.45) is 0 Å². The van der Waals surface area contributed by atoms with Crippen molar-refractivity contribution in [3.05, 3.63) is 66.2 Å². The molecule has 1 aliphatic carbocycles. The summed E-state index contributed by atoms with van der Waals surface area (Å²) in [5.41, 5.74) is 8.47. The lowest BCUT2D eigenvalue weighted by Crippen LogP contribution is -2.38. The van der Waals surface area contributed by atoms with Crippen LogP contribution in [0.5, 0.6) is 11.5 Å². The van der Waals surface area contributed by atoms with Gasteiger partial charge in [0, 0.05) is 0 Å². The van der Waals surface area contributed by atoms with Gasteiger partial charge >= 0.3 is 0 Å². The molecule has 0 bridgehead atoms. The van der Waals surface area contributed by atoms with E-state index >= 15 is 0 Å². The molecule has 0 aliphatic heterocycles. The second kappa shape index (κ2) is 9.83. The maximum Gasteiger partial charge on any atom is 0.276 e. The van der Waals surface area contributed by atoms with Crippen molar-refractivity contribution in [1.82, 2.24) is 10.9 Å². The lowest BCUT2D eigenvalue weighted by molar-refractivity contribution is -0.123. The zero-order chi connectivity index (χ0) is 19.8. The van der Waals surface area contributed by atoms with E-state index in [4.69, 9.17) is 9.47 Å². The zero-order valence-corrected chi connectivity index (χ0v) is 16.4. The predicted octanol–water partition coefficient (Wildman–Crippen LogP) is 4.41. The van der Waals surface area contributed by atoms with Gasteiger partial charge in [0.1, 0.15) is 11.5 Å². The van der Waals surface area contributed by atoms with Crippen molar-refractivity contribution in [3.63, 3.8) is 0 Å². The van der Waals surface area contributed by atoms with Crippen LogP contribution in [0.2, 0.25) is 0 Å². The molecule has 2 aromatic carbocycles. The topological polar surface area (TPSA) is 59.6 Å². The first-order valence-electron chi connectivity index (χ1n) is 9.76. The highest BCUT2D eigenvalue weighted by atomic mass is 16.5. The average Bonchev–Trinajstić information content (AvgIpc) is 2.77. The van der Waals surface area contributed by atoms with Crippen LogP contribution in [0.25, 0.3) is 5.70 Å². The number of carbonyl (C=O) groups excluding carboxylic acids is 1. The summed E-state index contributed by atoms with van der Waals surface area (Å²) in [4.78, 5) is 12.0. The molecule has 0 saturated heterocycles. The van der Waals surface area contributed by atoms with Crippen LogP contribution in [0.1, 0.15) is 49.1 Å². The van der Waals surface area contributed by atoms with Gasteiger partial charge in [0.25, 0.3) is 5.91 Å². The van der Waals surface area contributed by atoms with E-state index < -0.39 is 0 Å². The third kappa shape index (κ3) is 5.52. The molecule has 28 heavy (non-hydrogen) atoms. The predicted molar refractivity (Wildman–Crippen MR) is 111 cm³/mol. The highest BCUT2D eigenvalue weighted by Crippen LogP contribution is 2.32. The Morgan fingerprint density at radius 2 is 1.61 bits per heavy atom. The molecule has 0 atom stereocenters. The van der Waals surface area contributed by atoms with Gasteiger partial charge in [0.05, 0.1) is 12.8 Å². The zero-order valence-electron chi connectivity index (χ0n) is 16.4. The normalized spacial score (nSPS) is 14.2. The van der Waals surface area contributed by atoms with Gasteiger partial charge in [-0.1, -0.05) is 50.1 Å². The average molecular weight is 380 g/mol. The van der Waals surface area contributed by atoms with Crippen LogP contribution in [-0.2, 0) is 4.79 Å². The van der Waals surface area contributed by atoms with Gasteiger partial charge in [-0.15, -0.1) is 0 Å². The third-order valence-electron chi connectivity index (χ3n) is 5.12. The molecule has 2 N–H and O–H groups in total. The molecule has 5 heteroatoms. The van der Waals surface area contributed by atoms with Gasteiger partial charge in [-0.05, 0) is 54.2 Å². The molecule has 0 heterocycles. The monoisotopic (exact) mass is 380 g/mol. The number of hydrogen-bond acceptors (Lipinski definition) is 4. The number of hydrazine groups is 1. The fourth-order valence-corrected chi connectivity index (χ4v) is 3.47. The molecule has 0 spiro atoms. The van der Waals surface area contributed by atoms with E-state index in [0.29, 0.717) is 17.4 Å². The first-order valence-corrected chi connectivity index (χ1v) is 9.76. The molecule has 0 radical (unpaired) electrons. The molecule has 1 amide bonds. The number of carbonyl (C=O) groups is 1. The first-order chi connectivity index (χ1) is 13.7. The Morgan fingerprint density at radius 1 is 0.964 bits per heavy atom. The summed E-state index contributed by atoms with van der Waals surface area (Å²) >= 11 is 0. The van der Waals surface area contributed by atoms with Crippen LogP contribution in [0.4, 0.5) is 0 Å². The van der Waals surface area contributed by atoms with Gasteiger partial charge < -0.3 is 9.47 Å². The number of ether oxygens (including phenoxy) is 2. The Morgan fingerprint density at radius 3 is 2.25 bits per heavy atom. The number of rotatable bonds is 8. The molecule has 148 valence electrons. The van der Waals surface area contributed by atoms with Crippen LogP contribution in [-0.4, -0.2) is 19.6 Å². The minimum absolute atomic E-state index is 0.0901. The second-order valence-electron chi connectivity index (χ2n) is 7.07. The van der Waals surface area contributed by atoms with Crippen molar-refractivity contribution in [3.8, 4) is 11.5 Å². The van der Waals surface area contributed by atoms with E-state index in [-0.39, 0.29) is 12.5 Å². The Hall–Kier alpha value is -2.95. The summed E-state index contributed by atoms with van der Waals surface area (Å²) in [6.45, 7) is 3.91. The smallest absolute Gasteiger partial charge is 0.276 e. The Kier molecular flexibility index (Phi) is 6.95. The van der Waals surface area contributed by atoms with E-state index in [0.717, 1.165) is 11.3 Å². The van der Waals surface area contributed by atoms with Crippen molar-refractivity contribution in [2.75, 3.05) is 13.7 Å². The molecule has 0 unspecified atom stereocenters. The van der Waals surface area contributed by atoms with E-state index in [1.165, 1.54) is 37.7 Å². The number of nitrogens with one attached hydrogen (secondary N) is 2. The number of methoxy groups -OCH3 is 1. The third-order valence-corrected chi connectivity index (χ3v) is 5.12. The van der Waals surface area contributed by atoms with E-state index in [1.54, 1.807) is 31.4 Å². The Balaban J connectivity index is 1.43. The van der Waals surface area contributed by atoms with Crippen LogP contribution in [0.3, 0.4) is 0 Å². The SMILES string of the molecule is C=C(NNC(=O)COc1ccc(OC)cc1)c1ccc(C2CCCCC2)cc1. The van der Waals surface area contributed by atoms with Gasteiger partial charge in [-0.2, -0.15) is 0 Å². The number of amides is 1. The molecule has 1 saturated carbocycles. The van der Waals surface area contributed by atoms with Gasteiger partial charge in [-0.25, -0.2) is 0 Å². The summed E-state index contributed by atoms with van der Waals surface area (Å²) in [7, 11) is 1.60. The quantitative estimate of drug-likeness (QED) is 0.666. The van der Waals surface area contributed by atoms with Gasteiger partial charge in [0.15, 0.2) is 6.61 Å². The minimum atomic E-state index is -0.282. The van der Waals surface area contributed by atoms with Crippen LogP contribution in [0.15, 0.2) is 55.1 Å². The van der Waals surface area contributed by atoms with Crippen molar-refractivity contribution >= 4 is 11.6 Å². The van der Waals surface area contributed by atoms with Crippen LogP contribution in [0, 0.1) is 0 Å². The van der Waals surface area contributed by atoms with Crippen LogP contribution >= 0.6 is 0 Å².